The number of nitrogens with zero attached hydrogens (tertiary/aromatic N) is 1. The third-order valence-corrected chi connectivity index (χ3v) is 3.06. The lowest BCUT2D eigenvalue weighted by molar-refractivity contribution is 0.107. The molecule has 0 aliphatic heterocycles. The van der Waals surface area contributed by atoms with E-state index in [1.165, 1.54) is 0 Å². The Bertz CT molecular complexity index is 622. The Balaban J connectivity index is 1.63. The third kappa shape index (κ3) is 5.47. The summed E-state index contributed by atoms with van der Waals surface area (Å²) in [6, 6.07) is 16.8. The van der Waals surface area contributed by atoms with Crippen LogP contribution in [0, 0.1) is 11.3 Å². The predicted molar refractivity (Wildman–Crippen MR) is 82.4 cm³/mol. The molecular formula is C17H16ClNO2. The van der Waals surface area contributed by atoms with Crippen LogP contribution in [0.2, 0.25) is 5.02 Å². The molecule has 0 N–H and O–H groups in total. The summed E-state index contributed by atoms with van der Waals surface area (Å²) in [4.78, 5) is 0. The van der Waals surface area contributed by atoms with Gasteiger partial charge in [-0.05, 0) is 35.9 Å². The minimum absolute atomic E-state index is 0.546. The van der Waals surface area contributed by atoms with E-state index < -0.39 is 0 Å². The molecule has 0 aliphatic rings. The number of benzene rings is 2. The van der Waals surface area contributed by atoms with E-state index in [1.807, 2.05) is 36.4 Å². The zero-order valence-electron chi connectivity index (χ0n) is 11.6. The van der Waals surface area contributed by atoms with Crippen molar-refractivity contribution >= 4 is 11.6 Å². The molecule has 0 aromatic heterocycles. The van der Waals surface area contributed by atoms with Gasteiger partial charge in [0.1, 0.15) is 5.75 Å². The SMILES string of the molecule is N#Cc1cccc(OCCCOCc2cccc(Cl)c2)c1. The maximum atomic E-state index is 8.80. The summed E-state index contributed by atoms with van der Waals surface area (Å²) < 4.78 is 11.1. The lowest BCUT2D eigenvalue weighted by Gasteiger charge is -2.07. The molecule has 108 valence electrons. The van der Waals surface area contributed by atoms with Gasteiger partial charge in [-0.15, -0.1) is 0 Å². The molecular weight excluding hydrogens is 286 g/mol. The normalized spacial score (nSPS) is 10.1. The van der Waals surface area contributed by atoms with Crippen molar-refractivity contribution < 1.29 is 9.47 Å². The molecule has 0 fully saturated rings. The second-order valence-electron chi connectivity index (χ2n) is 4.52. The van der Waals surface area contributed by atoms with E-state index in [2.05, 4.69) is 6.07 Å². The Morgan fingerprint density at radius 3 is 2.71 bits per heavy atom. The first-order valence-electron chi connectivity index (χ1n) is 6.73. The number of hydrogen-bond donors (Lipinski definition) is 0. The summed E-state index contributed by atoms with van der Waals surface area (Å²) in [6.07, 6.45) is 0.789. The topological polar surface area (TPSA) is 42.2 Å². The number of halogens is 1. The molecule has 2 aromatic rings. The first-order valence-corrected chi connectivity index (χ1v) is 7.11. The second kappa shape index (κ2) is 8.31. The highest BCUT2D eigenvalue weighted by atomic mass is 35.5. The maximum Gasteiger partial charge on any atom is 0.120 e. The maximum absolute atomic E-state index is 8.80. The van der Waals surface area contributed by atoms with E-state index in [0.717, 1.165) is 17.0 Å². The average Bonchev–Trinajstić information content (AvgIpc) is 2.51. The van der Waals surface area contributed by atoms with Crippen molar-refractivity contribution in [2.45, 2.75) is 13.0 Å². The van der Waals surface area contributed by atoms with Crippen molar-refractivity contribution in [3.05, 3.63) is 64.7 Å². The summed E-state index contributed by atoms with van der Waals surface area (Å²) in [5.41, 5.74) is 1.66. The standard InChI is InChI=1S/C17H16ClNO2/c18-16-6-1-5-15(10-16)13-20-8-3-9-21-17-7-2-4-14(11-17)12-19/h1-2,4-7,10-11H,3,8-9,13H2. The van der Waals surface area contributed by atoms with Crippen LogP contribution in [0.1, 0.15) is 17.5 Å². The molecule has 2 aromatic carbocycles. The van der Waals surface area contributed by atoms with Gasteiger partial charge in [-0.3, -0.25) is 0 Å². The zero-order chi connectivity index (χ0) is 14.9. The number of rotatable bonds is 7. The zero-order valence-corrected chi connectivity index (χ0v) is 12.3. The molecule has 0 atom stereocenters. The Kier molecular flexibility index (Phi) is 6.08. The van der Waals surface area contributed by atoms with Gasteiger partial charge in [0.05, 0.1) is 31.5 Å². The number of hydrogen-bond acceptors (Lipinski definition) is 3. The van der Waals surface area contributed by atoms with Gasteiger partial charge < -0.3 is 9.47 Å². The minimum atomic E-state index is 0.546. The van der Waals surface area contributed by atoms with Crippen LogP contribution in [0.5, 0.6) is 5.75 Å². The van der Waals surface area contributed by atoms with Crippen molar-refractivity contribution in [2.24, 2.45) is 0 Å². The Labute approximate surface area is 129 Å². The van der Waals surface area contributed by atoms with E-state index in [-0.39, 0.29) is 0 Å². The first-order chi connectivity index (χ1) is 10.3. The van der Waals surface area contributed by atoms with Crippen LogP contribution in [0.15, 0.2) is 48.5 Å². The van der Waals surface area contributed by atoms with Crippen LogP contribution >= 0.6 is 11.6 Å². The quantitative estimate of drug-likeness (QED) is 0.720. The Hall–Kier alpha value is -2.02. The highest BCUT2D eigenvalue weighted by Gasteiger charge is 1.97. The molecule has 0 saturated heterocycles. The molecule has 0 amide bonds. The predicted octanol–water partition coefficient (Wildman–Crippen LogP) is 4.20. The van der Waals surface area contributed by atoms with Gasteiger partial charge in [-0.2, -0.15) is 5.26 Å². The Morgan fingerprint density at radius 1 is 1.05 bits per heavy atom. The summed E-state index contributed by atoms with van der Waals surface area (Å²) in [7, 11) is 0. The molecule has 3 nitrogen and oxygen atoms in total. The summed E-state index contributed by atoms with van der Waals surface area (Å²) in [6.45, 7) is 1.72. The van der Waals surface area contributed by atoms with Gasteiger partial charge in [0.15, 0.2) is 0 Å². The fourth-order valence-electron chi connectivity index (χ4n) is 1.82. The molecule has 0 unspecified atom stereocenters. The van der Waals surface area contributed by atoms with Crippen molar-refractivity contribution in [3.8, 4) is 11.8 Å². The van der Waals surface area contributed by atoms with Crippen molar-refractivity contribution in [1.82, 2.24) is 0 Å². The molecule has 0 bridgehead atoms. The lowest BCUT2D eigenvalue weighted by Crippen LogP contribution is -2.03. The number of ether oxygens (including phenoxy) is 2. The molecule has 0 spiro atoms. The first kappa shape index (κ1) is 15.4. The van der Waals surface area contributed by atoms with E-state index in [9.17, 15) is 0 Å². The van der Waals surface area contributed by atoms with Gasteiger partial charge in [-0.25, -0.2) is 0 Å². The van der Waals surface area contributed by atoms with Crippen LogP contribution in [0.25, 0.3) is 0 Å². The highest BCUT2D eigenvalue weighted by Crippen LogP contribution is 2.13. The van der Waals surface area contributed by atoms with Crippen LogP contribution in [0.4, 0.5) is 0 Å². The van der Waals surface area contributed by atoms with Gasteiger partial charge >= 0.3 is 0 Å². The largest absolute Gasteiger partial charge is 0.493 e. The summed E-state index contributed by atoms with van der Waals surface area (Å²) in [5.74, 6) is 0.712. The van der Waals surface area contributed by atoms with E-state index >= 15 is 0 Å². The van der Waals surface area contributed by atoms with Crippen molar-refractivity contribution in [1.29, 1.82) is 5.26 Å². The highest BCUT2D eigenvalue weighted by molar-refractivity contribution is 6.30. The van der Waals surface area contributed by atoms with Crippen molar-refractivity contribution in [3.63, 3.8) is 0 Å². The molecule has 0 radical (unpaired) electrons. The van der Waals surface area contributed by atoms with E-state index in [4.69, 9.17) is 26.3 Å². The van der Waals surface area contributed by atoms with Crippen molar-refractivity contribution in [2.75, 3.05) is 13.2 Å². The van der Waals surface area contributed by atoms with Crippen LogP contribution in [0.3, 0.4) is 0 Å². The van der Waals surface area contributed by atoms with E-state index in [0.29, 0.717) is 31.1 Å². The fourth-order valence-corrected chi connectivity index (χ4v) is 2.04. The summed E-state index contributed by atoms with van der Waals surface area (Å²) >= 11 is 5.90. The fraction of sp³-hybridized carbons (Fsp3) is 0.235. The molecule has 0 heterocycles. The second-order valence-corrected chi connectivity index (χ2v) is 4.96. The third-order valence-electron chi connectivity index (χ3n) is 2.82. The van der Waals surface area contributed by atoms with Crippen LogP contribution in [-0.4, -0.2) is 13.2 Å². The van der Waals surface area contributed by atoms with E-state index in [1.54, 1.807) is 12.1 Å². The van der Waals surface area contributed by atoms with Crippen LogP contribution in [-0.2, 0) is 11.3 Å². The summed E-state index contributed by atoms with van der Waals surface area (Å²) in [5, 5.41) is 9.52. The number of nitriles is 1. The molecule has 2 rings (SSSR count). The minimum Gasteiger partial charge on any atom is -0.493 e. The monoisotopic (exact) mass is 301 g/mol. The van der Waals surface area contributed by atoms with Gasteiger partial charge in [-0.1, -0.05) is 29.8 Å². The Morgan fingerprint density at radius 2 is 1.90 bits per heavy atom. The molecule has 4 heteroatoms. The smallest absolute Gasteiger partial charge is 0.120 e. The molecule has 0 saturated carbocycles. The van der Waals surface area contributed by atoms with Gasteiger partial charge in [0.2, 0.25) is 0 Å². The van der Waals surface area contributed by atoms with Gasteiger partial charge in [0, 0.05) is 11.4 Å². The van der Waals surface area contributed by atoms with Gasteiger partial charge in [0.25, 0.3) is 0 Å². The lowest BCUT2D eigenvalue weighted by atomic mass is 10.2. The van der Waals surface area contributed by atoms with Crippen LogP contribution < -0.4 is 4.74 Å². The average molecular weight is 302 g/mol. The molecule has 0 aliphatic carbocycles. The molecule has 21 heavy (non-hydrogen) atoms.